The molecule has 20 heavy (non-hydrogen) atoms. The Hall–Kier alpha value is -1.13. The molecule has 1 aromatic rings. The van der Waals surface area contributed by atoms with Crippen molar-refractivity contribution in [2.75, 3.05) is 18.9 Å². The minimum atomic E-state index is -0.165. The van der Waals surface area contributed by atoms with Gasteiger partial charge in [-0.25, -0.2) is 4.98 Å². The molecule has 2 unspecified atom stereocenters. The van der Waals surface area contributed by atoms with E-state index in [1.165, 1.54) is 5.56 Å². The fourth-order valence-corrected chi connectivity index (χ4v) is 2.46. The Bertz CT molecular complexity index is 397. The van der Waals surface area contributed by atoms with Gasteiger partial charge >= 0.3 is 0 Å². The van der Waals surface area contributed by atoms with Crippen LogP contribution in [-0.4, -0.2) is 29.8 Å². The highest BCUT2D eigenvalue weighted by atomic mass is 16.5. The van der Waals surface area contributed by atoms with Crippen LogP contribution in [0.4, 0.5) is 5.82 Å². The number of hydrogen-bond acceptors (Lipinski definition) is 4. The van der Waals surface area contributed by atoms with E-state index in [1.54, 1.807) is 6.20 Å². The molecule has 3 N–H and O–H groups in total. The average Bonchev–Trinajstić information content (AvgIpc) is 2.43. The van der Waals surface area contributed by atoms with Gasteiger partial charge in [-0.3, -0.25) is 0 Å². The van der Waals surface area contributed by atoms with E-state index in [2.05, 4.69) is 38.0 Å². The van der Waals surface area contributed by atoms with Gasteiger partial charge in [-0.15, -0.1) is 0 Å². The molecule has 2 atom stereocenters. The van der Waals surface area contributed by atoms with Gasteiger partial charge in [0.15, 0.2) is 0 Å². The Balaban J connectivity index is 2.87. The van der Waals surface area contributed by atoms with Crippen molar-refractivity contribution in [3.05, 3.63) is 23.9 Å². The molecule has 0 saturated carbocycles. The Morgan fingerprint density at radius 1 is 1.40 bits per heavy atom. The van der Waals surface area contributed by atoms with E-state index < -0.39 is 0 Å². The highest BCUT2D eigenvalue weighted by Gasteiger charge is 2.32. The van der Waals surface area contributed by atoms with E-state index >= 15 is 0 Å². The summed E-state index contributed by atoms with van der Waals surface area (Å²) < 4.78 is 6.03. The van der Waals surface area contributed by atoms with Gasteiger partial charge in [0.25, 0.3) is 0 Å². The summed E-state index contributed by atoms with van der Waals surface area (Å²) >= 11 is 0. The lowest BCUT2D eigenvalue weighted by Gasteiger charge is -2.37. The van der Waals surface area contributed by atoms with E-state index in [0.29, 0.717) is 5.82 Å². The molecule has 0 aliphatic rings. The largest absolute Gasteiger partial charge is 0.384 e. The second-order valence-corrected chi connectivity index (χ2v) is 5.40. The van der Waals surface area contributed by atoms with Crippen LogP contribution in [0.2, 0.25) is 0 Å². The molecule has 0 aliphatic carbocycles. The van der Waals surface area contributed by atoms with Gasteiger partial charge in [0.05, 0.1) is 5.60 Å². The van der Waals surface area contributed by atoms with Crippen molar-refractivity contribution in [3.8, 4) is 0 Å². The first-order valence-corrected chi connectivity index (χ1v) is 7.63. The smallest absolute Gasteiger partial charge is 0.123 e. The van der Waals surface area contributed by atoms with Gasteiger partial charge in [0, 0.05) is 18.8 Å². The molecule has 114 valence electrons. The number of anilines is 1. The van der Waals surface area contributed by atoms with Crippen molar-refractivity contribution in [2.45, 2.75) is 58.6 Å². The van der Waals surface area contributed by atoms with Crippen LogP contribution in [0.25, 0.3) is 0 Å². The molecule has 0 aromatic carbocycles. The minimum absolute atomic E-state index is 0.165. The van der Waals surface area contributed by atoms with Crippen molar-refractivity contribution in [1.29, 1.82) is 0 Å². The highest BCUT2D eigenvalue weighted by molar-refractivity contribution is 5.32. The molecule has 0 aliphatic heterocycles. The zero-order valence-corrected chi connectivity index (χ0v) is 13.3. The van der Waals surface area contributed by atoms with Crippen molar-refractivity contribution in [3.63, 3.8) is 0 Å². The molecule has 4 heteroatoms. The summed E-state index contributed by atoms with van der Waals surface area (Å²) in [6, 6.07) is 4.25. The molecule has 0 saturated heterocycles. The molecular formula is C16H29N3O. The summed E-state index contributed by atoms with van der Waals surface area (Å²) in [5.74, 6) is 0.575. The second kappa shape index (κ2) is 8.22. The van der Waals surface area contributed by atoms with E-state index in [0.717, 1.165) is 32.4 Å². The second-order valence-electron chi connectivity index (χ2n) is 5.40. The highest BCUT2D eigenvalue weighted by Crippen LogP contribution is 2.23. The first-order chi connectivity index (χ1) is 9.55. The first-order valence-electron chi connectivity index (χ1n) is 7.63. The molecule has 1 heterocycles. The normalized spacial score (nSPS) is 15.8. The fraction of sp³-hybridized carbons (Fsp3) is 0.688. The van der Waals surface area contributed by atoms with Gasteiger partial charge in [0.1, 0.15) is 5.82 Å². The van der Waals surface area contributed by atoms with Gasteiger partial charge in [-0.05, 0) is 57.4 Å². The van der Waals surface area contributed by atoms with Gasteiger partial charge < -0.3 is 15.8 Å². The number of nitrogens with one attached hydrogen (secondary N) is 1. The van der Waals surface area contributed by atoms with Crippen molar-refractivity contribution in [1.82, 2.24) is 10.3 Å². The summed E-state index contributed by atoms with van der Waals surface area (Å²) in [5, 5.41) is 3.63. The summed E-state index contributed by atoms with van der Waals surface area (Å²) in [7, 11) is 0. The lowest BCUT2D eigenvalue weighted by molar-refractivity contribution is -0.0549. The maximum atomic E-state index is 6.03. The molecule has 0 amide bonds. The third kappa shape index (κ3) is 4.76. The SMILES string of the molecule is CCCNC(Cc1ccnc(N)c1)C(C)(CC)OCC. The quantitative estimate of drug-likeness (QED) is 0.729. The third-order valence-corrected chi connectivity index (χ3v) is 3.84. The molecule has 0 fully saturated rings. The first kappa shape index (κ1) is 16.9. The lowest BCUT2D eigenvalue weighted by atomic mass is 9.88. The molecule has 0 radical (unpaired) electrons. The van der Waals surface area contributed by atoms with Crippen LogP contribution in [0.1, 0.15) is 46.1 Å². The zero-order valence-electron chi connectivity index (χ0n) is 13.3. The monoisotopic (exact) mass is 279 g/mol. The van der Waals surface area contributed by atoms with Crippen LogP contribution in [0.3, 0.4) is 0 Å². The van der Waals surface area contributed by atoms with E-state index in [9.17, 15) is 0 Å². The number of hydrogen-bond donors (Lipinski definition) is 2. The Morgan fingerprint density at radius 3 is 2.70 bits per heavy atom. The Labute approximate surface area is 123 Å². The average molecular weight is 279 g/mol. The van der Waals surface area contributed by atoms with Crippen LogP contribution in [0.15, 0.2) is 18.3 Å². The predicted octanol–water partition coefficient (Wildman–Crippen LogP) is 2.78. The molecular weight excluding hydrogens is 250 g/mol. The van der Waals surface area contributed by atoms with Crippen LogP contribution in [0, 0.1) is 0 Å². The molecule has 4 nitrogen and oxygen atoms in total. The standard InChI is InChI=1S/C16H29N3O/c1-5-9-18-14(16(4,6-2)20-7-3)11-13-8-10-19-15(17)12-13/h8,10,12,14,18H,5-7,9,11H2,1-4H3,(H2,17,19). The molecule has 0 spiro atoms. The molecule has 0 bridgehead atoms. The van der Waals surface area contributed by atoms with E-state index in [4.69, 9.17) is 10.5 Å². The molecule has 1 rings (SSSR count). The van der Waals surface area contributed by atoms with Gasteiger partial charge in [-0.2, -0.15) is 0 Å². The van der Waals surface area contributed by atoms with E-state index in [1.807, 2.05) is 12.1 Å². The number of ether oxygens (including phenoxy) is 1. The number of pyridine rings is 1. The maximum Gasteiger partial charge on any atom is 0.123 e. The third-order valence-electron chi connectivity index (χ3n) is 3.84. The zero-order chi connectivity index (χ0) is 15.0. The summed E-state index contributed by atoms with van der Waals surface area (Å²) in [6.07, 6.45) is 4.76. The molecule has 1 aromatic heterocycles. The van der Waals surface area contributed by atoms with Crippen molar-refractivity contribution >= 4 is 5.82 Å². The minimum Gasteiger partial charge on any atom is -0.384 e. The lowest BCUT2D eigenvalue weighted by Crippen LogP contribution is -2.51. The summed E-state index contributed by atoms with van der Waals surface area (Å²) in [6.45, 7) is 10.3. The van der Waals surface area contributed by atoms with E-state index in [-0.39, 0.29) is 11.6 Å². The summed E-state index contributed by atoms with van der Waals surface area (Å²) in [5.41, 5.74) is 6.81. The number of nitrogen functional groups attached to an aromatic ring is 1. The maximum absolute atomic E-state index is 6.03. The van der Waals surface area contributed by atoms with Crippen LogP contribution in [0.5, 0.6) is 0 Å². The Kier molecular flexibility index (Phi) is 6.96. The van der Waals surface area contributed by atoms with Crippen LogP contribution in [-0.2, 0) is 11.2 Å². The number of aromatic nitrogens is 1. The Morgan fingerprint density at radius 2 is 2.15 bits per heavy atom. The van der Waals surface area contributed by atoms with Crippen molar-refractivity contribution in [2.24, 2.45) is 0 Å². The van der Waals surface area contributed by atoms with Gasteiger partial charge in [-0.1, -0.05) is 13.8 Å². The number of nitrogens with two attached hydrogens (primary N) is 1. The fourth-order valence-electron chi connectivity index (χ4n) is 2.46. The topological polar surface area (TPSA) is 60.2 Å². The van der Waals surface area contributed by atoms with Crippen molar-refractivity contribution < 1.29 is 4.74 Å². The number of nitrogens with zero attached hydrogens (tertiary/aromatic N) is 1. The van der Waals surface area contributed by atoms with Crippen LogP contribution < -0.4 is 11.1 Å². The van der Waals surface area contributed by atoms with Crippen LogP contribution >= 0.6 is 0 Å². The number of rotatable bonds is 9. The van der Waals surface area contributed by atoms with Gasteiger partial charge in [0.2, 0.25) is 0 Å². The summed E-state index contributed by atoms with van der Waals surface area (Å²) in [4.78, 5) is 4.05. The predicted molar refractivity (Wildman–Crippen MR) is 84.8 cm³/mol.